The van der Waals surface area contributed by atoms with E-state index in [1.54, 1.807) is 19.1 Å². The molecule has 0 spiro atoms. The molecule has 4 aromatic rings. The Bertz CT molecular complexity index is 1750. The second kappa shape index (κ2) is 11.7. The molecule has 3 aromatic carbocycles. The molecule has 0 aliphatic carbocycles. The molecule has 1 aliphatic rings. The van der Waals surface area contributed by atoms with E-state index < -0.39 is 18.6 Å². The Hall–Kier alpha value is -4.57. The van der Waals surface area contributed by atoms with Gasteiger partial charge < -0.3 is 14.2 Å². The van der Waals surface area contributed by atoms with E-state index in [2.05, 4.69) is 4.74 Å². The van der Waals surface area contributed by atoms with E-state index in [4.69, 9.17) is 14.5 Å². The first-order valence-corrected chi connectivity index (χ1v) is 13.2. The summed E-state index contributed by atoms with van der Waals surface area (Å²) in [5.41, 5.74) is 2.29. The fourth-order valence-electron chi connectivity index (χ4n) is 4.51. The van der Waals surface area contributed by atoms with Gasteiger partial charge in [-0.15, -0.1) is 0 Å². The standard InChI is InChI=1S/C30H24F2N2O5S/c1-3-38-28(36)24-25(19-10-6-4-7-11-19)33-30-34(26(24)20-12-8-5-9-13-20)27(35)23(40-30)17-18-14-15-21(39-29(31)32)22(16-18)37-2/h4-17,26,29H,3H2,1-2H3/b23-17+/t26-/m0/s1. The molecule has 1 aliphatic heterocycles. The SMILES string of the molecule is CCOC(=O)C1=C(c2ccccc2)N=c2s/c(=C/c3ccc(OC(F)F)c(OC)c3)c(=O)n2[C@H]1c1ccccc1. The lowest BCUT2D eigenvalue weighted by molar-refractivity contribution is -0.138. The topological polar surface area (TPSA) is 79.1 Å². The summed E-state index contributed by atoms with van der Waals surface area (Å²) < 4.78 is 42.5. The summed E-state index contributed by atoms with van der Waals surface area (Å²) in [5, 5.41) is 0. The summed E-state index contributed by atoms with van der Waals surface area (Å²) >= 11 is 1.16. The minimum atomic E-state index is -3.01. The lowest BCUT2D eigenvalue weighted by Crippen LogP contribution is -2.39. The number of aromatic nitrogens is 1. The molecule has 40 heavy (non-hydrogen) atoms. The van der Waals surface area contributed by atoms with Gasteiger partial charge in [-0.25, -0.2) is 9.79 Å². The predicted octanol–water partition coefficient (Wildman–Crippen LogP) is 4.55. The number of ether oxygens (including phenoxy) is 3. The number of alkyl halides is 2. The highest BCUT2D eigenvalue weighted by Gasteiger charge is 2.35. The quantitative estimate of drug-likeness (QED) is 0.295. The van der Waals surface area contributed by atoms with Crippen molar-refractivity contribution in [3.8, 4) is 11.5 Å². The van der Waals surface area contributed by atoms with E-state index in [-0.39, 0.29) is 29.2 Å². The number of esters is 1. The van der Waals surface area contributed by atoms with Crippen molar-refractivity contribution in [3.63, 3.8) is 0 Å². The van der Waals surface area contributed by atoms with E-state index in [0.29, 0.717) is 26.2 Å². The maximum absolute atomic E-state index is 13.9. The smallest absolute Gasteiger partial charge is 0.387 e. The number of thiazole rings is 1. The van der Waals surface area contributed by atoms with Gasteiger partial charge in [0.15, 0.2) is 16.3 Å². The fraction of sp³-hybridized carbons (Fsp3) is 0.167. The Morgan fingerprint density at radius 2 is 1.75 bits per heavy atom. The van der Waals surface area contributed by atoms with E-state index in [1.807, 2.05) is 60.7 Å². The Balaban J connectivity index is 1.75. The highest BCUT2D eigenvalue weighted by molar-refractivity contribution is 7.07. The molecule has 0 N–H and O–H groups in total. The second-order valence-electron chi connectivity index (χ2n) is 8.63. The van der Waals surface area contributed by atoms with Crippen LogP contribution in [-0.2, 0) is 9.53 Å². The number of fused-ring (bicyclic) bond motifs is 1. The average Bonchev–Trinajstić information content (AvgIpc) is 3.27. The van der Waals surface area contributed by atoms with Crippen molar-refractivity contribution in [2.24, 2.45) is 4.99 Å². The maximum atomic E-state index is 13.9. The number of hydrogen-bond acceptors (Lipinski definition) is 7. The van der Waals surface area contributed by atoms with Crippen LogP contribution in [0.25, 0.3) is 11.8 Å². The van der Waals surface area contributed by atoms with Gasteiger partial charge >= 0.3 is 12.6 Å². The summed E-state index contributed by atoms with van der Waals surface area (Å²) in [6.07, 6.45) is 1.62. The number of methoxy groups -OCH3 is 1. The molecule has 5 rings (SSSR count). The van der Waals surface area contributed by atoms with E-state index >= 15 is 0 Å². The average molecular weight is 563 g/mol. The van der Waals surface area contributed by atoms with Gasteiger partial charge in [-0.3, -0.25) is 9.36 Å². The van der Waals surface area contributed by atoms with E-state index in [9.17, 15) is 18.4 Å². The van der Waals surface area contributed by atoms with Gasteiger partial charge in [0.05, 0.1) is 35.6 Å². The molecule has 204 valence electrons. The molecular weight excluding hydrogens is 538 g/mol. The van der Waals surface area contributed by atoms with Crippen LogP contribution in [0.2, 0.25) is 0 Å². The van der Waals surface area contributed by atoms with Crippen molar-refractivity contribution in [1.29, 1.82) is 0 Å². The molecule has 0 saturated carbocycles. The minimum Gasteiger partial charge on any atom is -0.493 e. The van der Waals surface area contributed by atoms with Crippen molar-refractivity contribution in [2.45, 2.75) is 19.6 Å². The van der Waals surface area contributed by atoms with Gasteiger partial charge in [0.1, 0.15) is 0 Å². The number of benzene rings is 3. The third-order valence-electron chi connectivity index (χ3n) is 6.19. The number of carbonyl (C=O) groups is 1. The number of nitrogens with zero attached hydrogens (tertiary/aromatic N) is 2. The molecule has 0 bridgehead atoms. The van der Waals surface area contributed by atoms with Gasteiger partial charge in [-0.2, -0.15) is 8.78 Å². The molecule has 0 unspecified atom stereocenters. The number of rotatable bonds is 8. The summed E-state index contributed by atoms with van der Waals surface area (Å²) in [6.45, 7) is -1.13. The summed E-state index contributed by atoms with van der Waals surface area (Å²) in [5.74, 6) is -0.584. The molecule has 7 nitrogen and oxygen atoms in total. The third-order valence-corrected chi connectivity index (χ3v) is 7.17. The molecule has 0 radical (unpaired) electrons. The van der Waals surface area contributed by atoms with Crippen LogP contribution in [0.1, 0.15) is 29.7 Å². The van der Waals surface area contributed by atoms with Crippen LogP contribution in [0.5, 0.6) is 11.5 Å². The molecule has 1 atom stereocenters. The van der Waals surface area contributed by atoms with Crippen LogP contribution in [0, 0.1) is 0 Å². The first-order valence-electron chi connectivity index (χ1n) is 12.4. The Morgan fingerprint density at radius 1 is 1.05 bits per heavy atom. The minimum absolute atomic E-state index is 0.0972. The normalized spacial score (nSPS) is 15.0. The monoisotopic (exact) mass is 562 g/mol. The third kappa shape index (κ3) is 5.30. The zero-order valence-electron chi connectivity index (χ0n) is 21.5. The van der Waals surface area contributed by atoms with Gasteiger partial charge in [-0.1, -0.05) is 78.1 Å². The van der Waals surface area contributed by atoms with Crippen molar-refractivity contribution in [1.82, 2.24) is 4.57 Å². The van der Waals surface area contributed by atoms with Crippen LogP contribution in [0.3, 0.4) is 0 Å². The second-order valence-corrected chi connectivity index (χ2v) is 9.64. The highest BCUT2D eigenvalue weighted by Crippen LogP contribution is 2.35. The zero-order chi connectivity index (χ0) is 28.2. The van der Waals surface area contributed by atoms with Crippen LogP contribution in [0.4, 0.5) is 8.78 Å². The molecule has 0 fully saturated rings. The lowest BCUT2D eigenvalue weighted by Gasteiger charge is -2.25. The van der Waals surface area contributed by atoms with Crippen LogP contribution in [-0.4, -0.2) is 30.9 Å². The summed E-state index contributed by atoms with van der Waals surface area (Å²) in [7, 11) is 1.34. The number of carbonyl (C=O) groups excluding carboxylic acids is 1. The number of hydrogen-bond donors (Lipinski definition) is 0. The molecular formula is C30H24F2N2O5S. The molecule has 0 saturated heterocycles. The van der Waals surface area contributed by atoms with Crippen molar-refractivity contribution >= 4 is 29.1 Å². The number of halogens is 2. The van der Waals surface area contributed by atoms with E-state index in [1.165, 1.54) is 23.8 Å². The first-order chi connectivity index (χ1) is 19.4. The van der Waals surface area contributed by atoms with Crippen LogP contribution >= 0.6 is 11.3 Å². The first kappa shape index (κ1) is 27.0. The lowest BCUT2D eigenvalue weighted by atomic mass is 9.93. The Morgan fingerprint density at radius 3 is 2.40 bits per heavy atom. The zero-order valence-corrected chi connectivity index (χ0v) is 22.4. The van der Waals surface area contributed by atoms with Crippen molar-refractivity contribution in [2.75, 3.05) is 13.7 Å². The van der Waals surface area contributed by atoms with Gasteiger partial charge in [-0.05, 0) is 36.3 Å². The Labute approximate surface area is 231 Å². The molecule has 0 amide bonds. The molecule has 2 heterocycles. The van der Waals surface area contributed by atoms with Crippen molar-refractivity contribution in [3.05, 3.63) is 121 Å². The van der Waals surface area contributed by atoms with Gasteiger partial charge in [0.25, 0.3) is 5.56 Å². The Kier molecular flexibility index (Phi) is 7.88. The molecule has 1 aromatic heterocycles. The predicted molar refractivity (Wildman–Crippen MR) is 147 cm³/mol. The van der Waals surface area contributed by atoms with Gasteiger partial charge in [0.2, 0.25) is 0 Å². The summed E-state index contributed by atoms with van der Waals surface area (Å²) in [6, 6.07) is 22.1. The van der Waals surface area contributed by atoms with E-state index in [0.717, 1.165) is 16.9 Å². The summed E-state index contributed by atoms with van der Waals surface area (Å²) in [4.78, 5) is 32.5. The highest BCUT2D eigenvalue weighted by atomic mass is 32.1. The molecule has 10 heteroatoms. The fourth-order valence-corrected chi connectivity index (χ4v) is 5.51. The van der Waals surface area contributed by atoms with Crippen molar-refractivity contribution < 1.29 is 27.8 Å². The van der Waals surface area contributed by atoms with Crippen LogP contribution < -0.4 is 24.4 Å². The van der Waals surface area contributed by atoms with Gasteiger partial charge in [0, 0.05) is 5.56 Å². The van der Waals surface area contributed by atoms with Crippen LogP contribution in [0.15, 0.2) is 94.2 Å². The maximum Gasteiger partial charge on any atom is 0.387 e. The largest absolute Gasteiger partial charge is 0.493 e.